The number of rotatable bonds is 6. The zero-order valence-corrected chi connectivity index (χ0v) is 19.8. The van der Waals surface area contributed by atoms with Crippen LogP contribution in [0.1, 0.15) is 11.8 Å². The largest absolute Gasteiger partial charge is 1.00 e. The second-order valence-corrected chi connectivity index (χ2v) is 6.09. The quantitative estimate of drug-likeness (QED) is 0.421. The Balaban J connectivity index is 0.00000171. The SMILES string of the molecule is COc1ccc(Nc2cc(-c3ccc(C(=O)O)cc3)cn3ncnc23)nc1OC.[H-].[K+]. The first-order valence-corrected chi connectivity index (χ1v) is 8.62. The summed E-state index contributed by atoms with van der Waals surface area (Å²) in [6.45, 7) is 0. The van der Waals surface area contributed by atoms with E-state index in [-0.39, 0.29) is 58.4 Å². The summed E-state index contributed by atoms with van der Waals surface area (Å²) in [7, 11) is 3.07. The van der Waals surface area contributed by atoms with Gasteiger partial charge in [0.15, 0.2) is 11.4 Å². The average Bonchev–Trinajstić information content (AvgIpc) is 3.22. The van der Waals surface area contributed by atoms with Crippen molar-refractivity contribution in [2.45, 2.75) is 0 Å². The van der Waals surface area contributed by atoms with Crippen molar-refractivity contribution in [3.8, 4) is 22.8 Å². The Labute approximate surface area is 216 Å². The Hall–Kier alpha value is -2.50. The van der Waals surface area contributed by atoms with E-state index in [2.05, 4.69) is 20.4 Å². The fraction of sp³-hybridized carbons (Fsp3) is 0.100. The first-order chi connectivity index (χ1) is 14.1. The number of anilines is 2. The monoisotopic (exact) mass is 431 g/mol. The number of ether oxygens (including phenoxy) is 2. The van der Waals surface area contributed by atoms with Gasteiger partial charge in [-0.25, -0.2) is 14.3 Å². The van der Waals surface area contributed by atoms with Gasteiger partial charge in [0.2, 0.25) is 0 Å². The Kier molecular flexibility index (Phi) is 7.05. The van der Waals surface area contributed by atoms with Crippen LogP contribution in [0.5, 0.6) is 11.6 Å². The van der Waals surface area contributed by atoms with Gasteiger partial charge in [-0.1, -0.05) is 12.1 Å². The van der Waals surface area contributed by atoms with Gasteiger partial charge in [-0.05, 0) is 35.9 Å². The summed E-state index contributed by atoms with van der Waals surface area (Å²) in [5, 5.41) is 16.5. The normalized spacial score (nSPS) is 10.3. The number of hydrogen-bond acceptors (Lipinski definition) is 7. The van der Waals surface area contributed by atoms with Crippen LogP contribution in [0.4, 0.5) is 11.5 Å². The molecule has 148 valence electrons. The van der Waals surface area contributed by atoms with Crippen LogP contribution in [0.3, 0.4) is 0 Å². The molecule has 3 aromatic heterocycles. The van der Waals surface area contributed by atoms with Crippen molar-refractivity contribution in [3.63, 3.8) is 0 Å². The Morgan fingerprint density at radius 3 is 2.53 bits per heavy atom. The molecule has 0 aliphatic heterocycles. The first-order valence-electron chi connectivity index (χ1n) is 8.62. The molecule has 0 saturated carbocycles. The number of pyridine rings is 2. The number of benzene rings is 1. The maximum atomic E-state index is 11.1. The predicted octanol–water partition coefficient (Wildman–Crippen LogP) is 0.367. The second kappa shape index (κ2) is 9.54. The van der Waals surface area contributed by atoms with Crippen molar-refractivity contribution in [3.05, 3.63) is 60.6 Å². The molecule has 0 radical (unpaired) electrons. The van der Waals surface area contributed by atoms with Gasteiger partial charge < -0.3 is 21.3 Å². The van der Waals surface area contributed by atoms with Crippen molar-refractivity contribution >= 4 is 23.1 Å². The average molecular weight is 431 g/mol. The molecule has 9 nitrogen and oxygen atoms in total. The molecular formula is C20H18KN5O4. The van der Waals surface area contributed by atoms with Crippen LogP contribution < -0.4 is 66.2 Å². The topological polar surface area (TPSA) is 111 Å². The van der Waals surface area contributed by atoms with Gasteiger partial charge in [-0.2, -0.15) is 10.1 Å². The van der Waals surface area contributed by atoms with E-state index in [1.54, 1.807) is 48.0 Å². The molecular weight excluding hydrogens is 413 g/mol. The minimum absolute atomic E-state index is 0. The van der Waals surface area contributed by atoms with Gasteiger partial charge in [0.05, 0.1) is 25.5 Å². The summed E-state index contributed by atoms with van der Waals surface area (Å²) in [5.41, 5.74) is 3.21. The van der Waals surface area contributed by atoms with Gasteiger partial charge in [0, 0.05) is 11.8 Å². The zero-order valence-electron chi connectivity index (χ0n) is 17.7. The van der Waals surface area contributed by atoms with Gasteiger partial charge in [0.25, 0.3) is 5.88 Å². The van der Waals surface area contributed by atoms with Gasteiger partial charge in [-0.3, -0.25) is 0 Å². The molecule has 0 bridgehead atoms. The third-order valence-electron chi connectivity index (χ3n) is 4.34. The summed E-state index contributed by atoms with van der Waals surface area (Å²) in [6, 6.07) is 12.0. The molecule has 0 amide bonds. The minimum Gasteiger partial charge on any atom is -1.00 e. The number of nitrogens with zero attached hydrogens (tertiary/aromatic N) is 4. The number of aromatic carboxylic acids is 1. The fourth-order valence-electron chi connectivity index (χ4n) is 2.92. The smallest absolute Gasteiger partial charge is 1.00 e. The molecule has 2 N–H and O–H groups in total. The maximum Gasteiger partial charge on any atom is 1.00 e. The van der Waals surface area contributed by atoms with Crippen molar-refractivity contribution in [2.24, 2.45) is 0 Å². The molecule has 3 heterocycles. The summed E-state index contributed by atoms with van der Waals surface area (Å²) < 4.78 is 12.1. The van der Waals surface area contributed by atoms with E-state index < -0.39 is 5.97 Å². The molecule has 10 heteroatoms. The van der Waals surface area contributed by atoms with Crippen LogP contribution in [0.25, 0.3) is 16.8 Å². The number of carboxylic acids is 1. The fourth-order valence-corrected chi connectivity index (χ4v) is 2.92. The molecule has 0 aliphatic carbocycles. The Morgan fingerprint density at radius 2 is 1.87 bits per heavy atom. The Morgan fingerprint density at radius 1 is 1.10 bits per heavy atom. The van der Waals surface area contributed by atoms with E-state index in [1.807, 2.05) is 12.3 Å². The molecule has 30 heavy (non-hydrogen) atoms. The number of aromatic nitrogens is 4. The van der Waals surface area contributed by atoms with Crippen LogP contribution >= 0.6 is 0 Å². The maximum absolute atomic E-state index is 11.1. The van der Waals surface area contributed by atoms with Crippen LogP contribution in [-0.2, 0) is 0 Å². The number of carbonyl (C=O) groups is 1. The zero-order chi connectivity index (χ0) is 20.4. The third-order valence-corrected chi connectivity index (χ3v) is 4.34. The van der Waals surface area contributed by atoms with Crippen LogP contribution in [0, 0.1) is 0 Å². The standard InChI is InChI=1S/C20H17N5O4.K.H/c1-28-16-7-8-17(24-19(16)29-2)23-15-9-14(10-25-18(15)21-11-22-25)12-3-5-13(6-4-12)20(26)27;;/h3-11H,1-2H3,(H,23,24)(H,26,27);;/q;+1;-1. The minimum atomic E-state index is -0.967. The van der Waals surface area contributed by atoms with Crippen LogP contribution in [0.15, 0.2) is 55.0 Å². The summed E-state index contributed by atoms with van der Waals surface area (Å²) in [5.74, 6) is 0.462. The van der Waals surface area contributed by atoms with E-state index in [4.69, 9.17) is 14.6 Å². The molecule has 0 spiro atoms. The van der Waals surface area contributed by atoms with Crippen LogP contribution in [0.2, 0.25) is 0 Å². The molecule has 0 unspecified atom stereocenters. The van der Waals surface area contributed by atoms with Gasteiger partial charge in [-0.15, -0.1) is 0 Å². The molecule has 4 aromatic rings. The second-order valence-electron chi connectivity index (χ2n) is 6.09. The number of hydrogen-bond donors (Lipinski definition) is 2. The summed E-state index contributed by atoms with van der Waals surface area (Å²) in [6.07, 6.45) is 3.28. The first kappa shape index (κ1) is 22.2. The number of carboxylic acid groups (broad SMARTS) is 1. The molecule has 4 rings (SSSR count). The number of fused-ring (bicyclic) bond motifs is 1. The van der Waals surface area contributed by atoms with E-state index in [0.29, 0.717) is 28.8 Å². The molecule has 1 aromatic carbocycles. The van der Waals surface area contributed by atoms with E-state index >= 15 is 0 Å². The van der Waals surface area contributed by atoms with Crippen molar-refractivity contribution in [2.75, 3.05) is 19.5 Å². The van der Waals surface area contributed by atoms with Crippen molar-refractivity contribution in [1.29, 1.82) is 0 Å². The summed E-state index contributed by atoms with van der Waals surface area (Å²) >= 11 is 0. The third kappa shape index (κ3) is 4.47. The number of nitrogens with one attached hydrogen (secondary N) is 1. The van der Waals surface area contributed by atoms with Gasteiger partial charge >= 0.3 is 57.4 Å². The van der Waals surface area contributed by atoms with E-state index in [0.717, 1.165) is 11.1 Å². The number of methoxy groups -OCH3 is 2. The van der Waals surface area contributed by atoms with Crippen LogP contribution in [-0.4, -0.2) is 44.9 Å². The molecule has 0 saturated heterocycles. The van der Waals surface area contributed by atoms with Crippen molar-refractivity contribution < 1.29 is 72.2 Å². The summed E-state index contributed by atoms with van der Waals surface area (Å²) in [4.78, 5) is 19.8. The Bertz CT molecular complexity index is 1200. The van der Waals surface area contributed by atoms with Gasteiger partial charge in [0.1, 0.15) is 12.1 Å². The predicted molar refractivity (Wildman–Crippen MR) is 107 cm³/mol. The molecule has 0 aliphatic rings. The molecule has 0 fully saturated rings. The van der Waals surface area contributed by atoms with E-state index in [1.165, 1.54) is 13.4 Å². The van der Waals surface area contributed by atoms with Crippen molar-refractivity contribution in [1.82, 2.24) is 19.6 Å². The van der Waals surface area contributed by atoms with E-state index in [9.17, 15) is 4.79 Å². The molecule has 0 atom stereocenters.